The molecule has 0 bridgehead atoms. The van der Waals surface area contributed by atoms with Crippen LogP contribution < -0.4 is 31.9 Å². The van der Waals surface area contributed by atoms with Crippen LogP contribution >= 0.6 is 0 Å². The first-order valence-electron chi connectivity index (χ1n) is 33.1. The van der Waals surface area contributed by atoms with Crippen LogP contribution in [0.5, 0.6) is 0 Å². The second-order valence-electron chi connectivity index (χ2n) is 27.8. The van der Waals surface area contributed by atoms with Crippen LogP contribution in [-0.2, 0) is 98.0 Å². The van der Waals surface area contributed by atoms with E-state index >= 15 is 9.59 Å². The van der Waals surface area contributed by atoms with E-state index in [-0.39, 0.29) is 87.7 Å². The summed E-state index contributed by atoms with van der Waals surface area (Å²) in [6.45, 7) is 4.47. The van der Waals surface area contributed by atoms with Gasteiger partial charge in [-0.2, -0.15) is 13.2 Å². The van der Waals surface area contributed by atoms with Gasteiger partial charge in [0.2, 0.25) is 35.4 Å². The quantitative estimate of drug-likeness (QED) is 0.0421. The van der Waals surface area contributed by atoms with Gasteiger partial charge in [0.05, 0.1) is 17.4 Å². The maximum Gasteiger partial charge on any atom is 0.401 e. The molecule has 21 heteroatoms. The van der Waals surface area contributed by atoms with Gasteiger partial charge >= 0.3 is 6.18 Å². The SMILES string of the molecule is CNCc1cc(C2CC(C)(C(=O)N(CC(=O)Nc3ccc4c(c3)C[C@@]3(C4)C(=O)Nc4ncccc43)Cc3ccccc3CNC)CCN2Cc2ccccc2)ccc1CN(CC(=O)Nc1ccc2c(c1)C[C@@]1(C2)C(=O)Nc2ncccc21)C(=O)C1(C)CCN(CC(F)(F)F)CC1. The molecule has 6 amide bonds. The summed E-state index contributed by atoms with van der Waals surface area (Å²) in [5.74, 6) is -0.427. The van der Waals surface area contributed by atoms with Gasteiger partial charge in [-0.05, 0) is 171 Å². The lowest BCUT2D eigenvalue weighted by molar-refractivity contribution is -0.157. The molecule has 96 heavy (non-hydrogen) atoms. The third kappa shape index (κ3) is 13.2. The number of fused-ring (bicyclic) bond motifs is 6. The fourth-order valence-electron chi connectivity index (χ4n) is 15.9. The summed E-state index contributed by atoms with van der Waals surface area (Å²) in [5.41, 5.74) is 8.53. The summed E-state index contributed by atoms with van der Waals surface area (Å²) >= 11 is 0. The van der Waals surface area contributed by atoms with Crippen molar-refractivity contribution in [1.29, 1.82) is 0 Å². The molecule has 4 atom stereocenters. The Bertz CT molecular complexity index is 4180. The number of hydrogen-bond donors (Lipinski definition) is 6. The number of nitrogens with zero attached hydrogens (tertiary/aromatic N) is 6. The maximum atomic E-state index is 15.9. The highest BCUT2D eigenvalue weighted by Gasteiger charge is 2.53. The predicted octanol–water partition coefficient (Wildman–Crippen LogP) is 9.54. The fourth-order valence-corrected chi connectivity index (χ4v) is 15.9. The molecule has 4 aliphatic heterocycles. The van der Waals surface area contributed by atoms with Gasteiger partial charge in [0, 0.05) is 91.0 Å². The fraction of sp³-hybridized carbons (Fsp3) is 0.387. The molecule has 2 saturated heterocycles. The molecular formula is C75H81F3N12O6. The van der Waals surface area contributed by atoms with Gasteiger partial charge in [-0.1, -0.05) is 111 Å². The smallest absolute Gasteiger partial charge is 0.329 e. The van der Waals surface area contributed by atoms with E-state index in [4.69, 9.17) is 0 Å². The minimum Gasteiger partial charge on any atom is -0.329 e. The van der Waals surface area contributed by atoms with E-state index in [1.54, 1.807) is 30.3 Å². The zero-order valence-electron chi connectivity index (χ0n) is 54.6. The number of hydrogen-bond acceptors (Lipinski definition) is 12. The Morgan fingerprint density at radius 3 is 1.62 bits per heavy atom. The van der Waals surface area contributed by atoms with Crippen molar-refractivity contribution in [3.05, 3.63) is 213 Å². The number of amides is 6. The monoisotopic (exact) mass is 1300 g/mol. The number of alkyl halides is 3. The lowest BCUT2D eigenvalue weighted by atomic mass is 9.73. The highest BCUT2D eigenvalue weighted by molar-refractivity contribution is 6.07. The Kier molecular flexibility index (Phi) is 18.1. The molecule has 0 radical (unpaired) electrons. The third-order valence-corrected chi connectivity index (χ3v) is 21.0. The molecule has 6 N–H and O–H groups in total. The predicted molar refractivity (Wildman–Crippen MR) is 360 cm³/mol. The Morgan fingerprint density at radius 2 is 1.07 bits per heavy atom. The summed E-state index contributed by atoms with van der Waals surface area (Å²) < 4.78 is 41.0. The number of nitrogens with one attached hydrogen (secondary N) is 6. The highest BCUT2D eigenvalue weighted by Crippen LogP contribution is 2.50. The number of anilines is 4. The lowest BCUT2D eigenvalue weighted by Gasteiger charge is -2.46. The summed E-state index contributed by atoms with van der Waals surface area (Å²) in [6.07, 6.45) is 1.97. The molecule has 18 nitrogen and oxygen atoms in total. The Labute approximate surface area is 557 Å². The average molecular weight is 1300 g/mol. The molecule has 2 spiro atoms. The van der Waals surface area contributed by atoms with Crippen molar-refractivity contribution < 1.29 is 41.9 Å². The largest absolute Gasteiger partial charge is 0.401 e. The van der Waals surface area contributed by atoms with Crippen LogP contribution in [-0.4, -0.2) is 125 Å². The summed E-state index contributed by atoms with van der Waals surface area (Å²) in [4.78, 5) is 103. The molecule has 2 fully saturated rings. The molecular weight excluding hydrogens is 1220 g/mol. The summed E-state index contributed by atoms with van der Waals surface area (Å²) in [6, 6.07) is 42.8. The first-order chi connectivity index (χ1) is 46.1. The van der Waals surface area contributed by atoms with Crippen LogP contribution in [0.25, 0.3) is 0 Å². The van der Waals surface area contributed by atoms with Crippen LogP contribution in [0.2, 0.25) is 0 Å². The molecule has 5 aromatic carbocycles. The van der Waals surface area contributed by atoms with E-state index in [0.29, 0.717) is 87.7 Å². The van der Waals surface area contributed by atoms with Gasteiger partial charge in [0.25, 0.3) is 0 Å². The number of benzene rings is 5. The van der Waals surface area contributed by atoms with Gasteiger partial charge in [0.15, 0.2) is 0 Å². The van der Waals surface area contributed by atoms with Gasteiger partial charge in [0.1, 0.15) is 24.7 Å². The zero-order chi connectivity index (χ0) is 67.2. The minimum absolute atomic E-state index is 0.0109. The second-order valence-corrected chi connectivity index (χ2v) is 27.8. The molecule has 498 valence electrons. The minimum atomic E-state index is -4.40. The molecule has 7 aromatic rings. The van der Waals surface area contributed by atoms with E-state index in [0.717, 1.165) is 66.8 Å². The Balaban J connectivity index is 0.775. The number of carbonyl (C=O) groups is 6. The van der Waals surface area contributed by atoms with E-state index < -0.39 is 40.3 Å². The molecule has 13 rings (SSSR count). The van der Waals surface area contributed by atoms with Crippen molar-refractivity contribution in [2.24, 2.45) is 10.8 Å². The van der Waals surface area contributed by atoms with Crippen LogP contribution in [0.15, 0.2) is 146 Å². The molecule has 2 unspecified atom stereocenters. The third-order valence-electron chi connectivity index (χ3n) is 21.0. The number of aromatic nitrogens is 2. The van der Waals surface area contributed by atoms with Gasteiger partial charge in [-0.3, -0.25) is 38.6 Å². The van der Waals surface area contributed by atoms with Gasteiger partial charge in [-0.15, -0.1) is 0 Å². The molecule has 2 aliphatic carbocycles. The lowest BCUT2D eigenvalue weighted by Crippen LogP contribution is -2.51. The van der Waals surface area contributed by atoms with Gasteiger partial charge in [-0.25, -0.2) is 9.97 Å². The van der Waals surface area contributed by atoms with Crippen molar-refractivity contribution in [3.8, 4) is 0 Å². The number of pyridine rings is 2. The number of piperidine rings is 2. The van der Waals surface area contributed by atoms with E-state index in [1.165, 1.54) is 9.80 Å². The van der Waals surface area contributed by atoms with E-state index in [2.05, 4.69) is 65.0 Å². The van der Waals surface area contributed by atoms with Crippen molar-refractivity contribution in [2.45, 2.75) is 121 Å². The topological polar surface area (TPSA) is 213 Å². The molecule has 0 saturated carbocycles. The second kappa shape index (κ2) is 26.5. The summed E-state index contributed by atoms with van der Waals surface area (Å²) in [7, 11) is 3.70. The van der Waals surface area contributed by atoms with E-state index in [9.17, 15) is 32.3 Å². The Morgan fingerprint density at radius 1 is 0.573 bits per heavy atom. The van der Waals surface area contributed by atoms with Crippen LogP contribution in [0.4, 0.5) is 36.2 Å². The average Bonchev–Trinajstić information content (AvgIpc) is 1.57. The zero-order valence-corrected chi connectivity index (χ0v) is 54.6. The van der Waals surface area contributed by atoms with Crippen LogP contribution in [0.1, 0.15) is 112 Å². The normalized spacial score (nSPS) is 21.6. The van der Waals surface area contributed by atoms with Crippen LogP contribution in [0.3, 0.4) is 0 Å². The standard InChI is InChI=1S/C75H81F3N12O6/c1-71(24-29-87(30-25-71)47-75(76,77)78)69(95)89(45-63(91)83-58-22-20-50-35-73(37-55(50)33-58)60-16-10-27-81-65(60)85-67(73)93)44-54-19-18-49(32-57(54)41-80-4)62-39-72(2,26-31-88(62)42-48-12-6-5-7-13-48)70(96)90(43-53-15-9-8-14-52(53)40-79-3)46-64(92)84-59-23-21-51-36-74(38-56(51)34-59)61-17-11-28-82-66(61)86-68(74)94/h5-23,27-28,32-34,62,79-80H,24-26,29-31,35-47H2,1-4H3,(H,83,91)(H,84,92)(H,81,85,93)(H,82,86,94)/t62?,72?,73-,74-/m1/s1. The number of carbonyl (C=O) groups excluding carboxylic acids is 6. The molecule has 2 aromatic heterocycles. The van der Waals surface area contributed by atoms with Crippen LogP contribution in [0, 0.1) is 10.8 Å². The van der Waals surface area contributed by atoms with Crippen molar-refractivity contribution in [2.75, 3.05) is 74.6 Å². The maximum absolute atomic E-state index is 15.9. The molecule has 6 heterocycles. The first kappa shape index (κ1) is 65.5. The first-order valence-corrected chi connectivity index (χ1v) is 33.1. The van der Waals surface area contributed by atoms with Crippen molar-refractivity contribution >= 4 is 58.5 Å². The number of likely N-dealkylation sites (tertiary alicyclic amines) is 2. The van der Waals surface area contributed by atoms with Crippen molar-refractivity contribution in [1.82, 2.24) is 40.2 Å². The molecule has 6 aliphatic rings. The Hall–Kier alpha value is -9.15. The number of halogens is 3. The van der Waals surface area contributed by atoms with Gasteiger partial charge < -0.3 is 41.7 Å². The summed E-state index contributed by atoms with van der Waals surface area (Å²) in [5, 5.41) is 18.7. The van der Waals surface area contributed by atoms with Crippen molar-refractivity contribution in [3.63, 3.8) is 0 Å². The van der Waals surface area contributed by atoms with E-state index in [1.807, 2.05) is 130 Å². The number of rotatable bonds is 20. The highest BCUT2D eigenvalue weighted by atomic mass is 19.4.